The van der Waals surface area contributed by atoms with Gasteiger partial charge in [0, 0.05) is 0 Å². The Kier molecular flexibility index (Phi) is 6.00. The molecule has 3 rings (SSSR count). The third-order valence-electron chi connectivity index (χ3n) is 4.52. The Bertz CT molecular complexity index is 710. The molecule has 0 atom stereocenters. The monoisotopic (exact) mass is 321 g/mol. The molecule has 2 aromatic carbocycles. The van der Waals surface area contributed by atoms with E-state index in [1.54, 1.807) is 4.80 Å². The van der Waals surface area contributed by atoms with Crippen molar-refractivity contribution >= 4 is 11.0 Å². The van der Waals surface area contributed by atoms with Crippen LogP contribution in [0.2, 0.25) is 0 Å². The number of nitrogens with zero attached hydrogens (tertiary/aromatic N) is 3. The molecule has 0 fully saturated rings. The Balaban J connectivity index is 1.50. The van der Waals surface area contributed by atoms with Crippen molar-refractivity contribution in [3.8, 4) is 5.69 Å². The molecule has 0 saturated heterocycles. The maximum absolute atomic E-state index is 4.53. The molecule has 0 radical (unpaired) electrons. The summed E-state index contributed by atoms with van der Waals surface area (Å²) >= 11 is 0. The van der Waals surface area contributed by atoms with E-state index in [0.29, 0.717) is 0 Å². The fourth-order valence-corrected chi connectivity index (χ4v) is 3.06. The van der Waals surface area contributed by atoms with Gasteiger partial charge in [-0.2, -0.15) is 4.80 Å². The summed E-state index contributed by atoms with van der Waals surface area (Å²) in [5.41, 5.74) is 4.30. The zero-order chi connectivity index (χ0) is 16.6. The van der Waals surface area contributed by atoms with Gasteiger partial charge in [0.25, 0.3) is 0 Å². The molecule has 0 bridgehead atoms. The van der Waals surface area contributed by atoms with E-state index in [0.717, 1.165) is 16.7 Å². The SMILES string of the molecule is CCCCCCCCCc1ccc(-n2nc3ccccc3n2)cc1. The van der Waals surface area contributed by atoms with Gasteiger partial charge in [-0.05, 0) is 42.7 Å². The average molecular weight is 321 g/mol. The largest absolute Gasteiger partial charge is 0.150 e. The minimum Gasteiger partial charge on any atom is -0.150 e. The minimum atomic E-state index is 0.935. The Morgan fingerprint density at radius 2 is 1.29 bits per heavy atom. The predicted octanol–water partition coefficient (Wildman–Crippen LogP) is 5.71. The molecule has 0 aliphatic heterocycles. The van der Waals surface area contributed by atoms with Gasteiger partial charge in [0.1, 0.15) is 11.0 Å². The number of aryl methyl sites for hydroxylation is 1. The maximum atomic E-state index is 4.53. The van der Waals surface area contributed by atoms with Crippen LogP contribution in [0.4, 0.5) is 0 Å². The predicted molar refractivity (Wildman–Crippen MR) is 101 cm³/mol. The molecule has 3 heteroatoms. The lowest BCUT2D eigenvalue weighted by atomic mass is 10.0. The number of fused-ring (bicyclic) bond motifs is 1. The van der Waals surface area contributed by atoms with Crippen LogP contribution in [-0.2, 0) is 6.42 Å². The van der Waals surface area contributed by atoms with Crippen molar-refractivity contribution in [2.75, 3.05) is 0 Å². The molecule has 0 amide bonds. The van der Waals surface area contributed by atoms with E-state index in [-0.39, 0.29) is 0 Å². The zero-order valence-corrected chi connectivity index (χ0v) is 14.6. The molecule has 0 aliphatic rings. The van der Waals surface area contributed by atoms with E-state index in [9.17, 15) is 0 Å². The van der Waals surface area contributed by atoms with Crippen LogP contribution < -0.4 is 0 Å². The highest BCUT2D eigenvalue weighted by atomic mass is 15.5. The highest BCUT2D eigenvalue weighted by molar-refractivity contribution is 5.73. The standard InChI is InChI=1S/C21H27N3/c1-2-3-4-5-6-7-8-11-18-14-16-19(17-15-18)24-22-20-12-9-10-13-21(20)23-24/h9-10,12-17H,2-8,11H2,1H3. The van der Waals surface area contributed by atoms with Gasteiger partial charge in [-0.3, -0.25) is 0 Å². The Hall–Kier alpha value is -2.16. The first-order valence-electron chi connectivity index (χ1n) is 9.28. The molecule has 0 spiro atoms. The van der Waals surface area contributed by atoms with Gasteiger partial charge in [0.2, 0.25) is 0 Å². The van der Waals surface area contributed by atoms with Gasteiger partial charge in [0.15, 0.2) is 0 Å². The first kappa shape index (κ1) is 16.7. The van der Waals surface area contributed by atoms with Gasteiger partial charge >= 0.3 is 0 Å². The zero-order valence-electron chi connectivity index (χ0n) is 14.6. The van der Waals surface area contributed by atoms with Crippen LogP contribution in [-0.4, -0.2) is 15.0 Å². The van der Waals surface area contributed by atoms with Crippen molar-refractivity contribution in [3.05, 3.63) is 54.1 Å². The van der Waals surface area contributed by atoms with Gasteiger partial charge in [0.05, 0.1) is 5.69 Å². The summed E-state index contributed by atoms with van der Waals surface area (Å²) < 4.78 is 0. The highest BCUT2D eigenvalue weighted by Gasteiger charge is 2.03. The molecule has 126 valence electrons. The summed E-state index contributed by atoms with van der Waals surface area (Å²) in [7, 11) is 0. The quantitative estimate of drug-likeness (QED) is 0.472. The van der Waals surface area contributed by atoms with Crippen LogP contribution in [0.5, 0.6) is 0 Å². The summed E-state index contributed by atoms with van der Waals surface area (Å²) in [5.74, 6) is 0. The molecular weight excluding hydrogens is 294 g/mol. The van der Waals surface area contributed by atoms with Crippen LogP contribution >= 0.6 is 0 Å². The maximum Gasteiger partial charge on any atom is 0.113 e. The third kappa shape index (κ3) is 4.44. The lowest BCUT2D eigenvalue weighted by molar-refractivity contribution is 0.589. The van der Waals surface area contributed by atoms with E-state index in [1.165, 1.54) is 56.9 Å². The third-order valence-corrected chi connectivity index (χ3v) is 4.52. The Labute approximate surface area is 144 Å². The molecule has 0 N–H and O–H groups in total. The second kappa shape index (κ2) is 8.62. The van der Waals surface area contributed by atoms with E-state index in [1.807, 2.05) is 24.3 Å². The topological polar surface area (TPSA) is 30.7 Å². The summed E-state index contributed by atoms with van der Waals surface area (Å²) in [5, 5.41) is 9.06. The van der Waals surface area contributed by atoms with E-state index in [4.69, 9.17) is 0 Å². The summed E-state index contributed by atoms with van der Waals surface area (Å²) in [6, 6.07) is 16.6. The van der Waals surface area contributed by atoms with Crippen LogP contribution in [0.25, 0.3) is 16.7 Å². The van der Waals surface area contributed by atoms with Crippen LogP contribution in [0, 0.1) is 0 Å². The first-order chi connectivity index (χ1) is 11.9. The molecule has 0 saturated carbocycles. The lowest BCUT2D eigenvalue weighted by Crippen LogP contribution is -1.98. The number of unbranched alkanes of at least 4 members (excludes halogenated alkanes) is 6. The molecule has 1 heterocycles. The van der Waals surface area contributed by atoms with Crippen molar-refractivity contribution in [1.29, 1.82) is 0 Å². The van der Waals surface area contributed by atoms with Gasteiger partial charge < -0.3 is 0 Å². The van der Waals surface area contributed by atoms with Crippen molar-refractivity contribution in [3.63, 3.8) is 0 Å². The fourth-order valence-electron chi connectivity index (χ4n) is 3.06. The smallest absolute Gasteiger partial charge is 0.113 e. The molecular formula is C21H27N3. The molecule has 1 aromatic heterocycles. The minimum absolute atomic E-state index is 0.935. The van der Waals surface area contributed by atoms with Crippen molar-refractivity contribution < 1.29 is 0 Å². The molecule has 24 heavy (non-hydrogen) atoms. The average Bonchev–Trinajstić information content (AvgIpc) is 3.05. The number of benzene rings is 2. The number of hydrogen-bond donors (Lipinski definition) is 0. The second-order valence-corrected chi connectivity index (χ2v) is 6.52. The molecule has 3 nitrogen and oxygen atoms in total. The molecule has 0 aliphatic carbocycles. The number of hydrogen-bond acceptors (Lipinski definition) is 2. The molecule has 0 unspecified atom stereocenters. The summed E-state index contributed by atoms with van der Waals surface area (Å²) in [6.07, 6.45) is 10.7. The van der Waals surface area contributed by atoms with Crippen LogP contribution in [0.1, 0.15) is 57.4 Å². The first-order valence-corrected chi connectivity index (χ1v) is 9.28. The van der Waals surface area contributed by atoms with Crippen molar-refractivity contribution in [1.82, 2.24) is 15.0 Å². The van der Waals surface area contributed by atoms with Crippen molar-refractivity contribution in [2.45, 2.75) is 58.3 Å². The number of aromatic nitrogens is 3. The normalized spacial score (nSPS) is 11.2. The van der Waals surface area contributed by atoms with Gasteiger partial charge in [-0.15, -0.1) is 10.2 Å². The van der Waals surface area contributed by atoms with Crippen molar-refractivity contribution in [2.24, 2.45) is 0 Å². The van der Waals surface area contributed by atoms with E-state index >= 15 is 0 Å². The Morgan fingerprint density at radius 3 is 1.92 bits per heavy atom. The summed E-state index contributed by atoms with van der Waals surface area (Å²) in [6.45, 7) is 2.27. The van der Waals surface area contributed by atoms with Gasteiger partial charge in [-0.1, -0.05) is 69.7 Å². The fraction of sp³-hybridized carbons (Fsp3) is 0.429. The Morgan fingerprint density at radius 1 is 0.708 bits per heavy atom. The lowest BCUT2D eigenvalue weighted by Gasteiger charge is -2.04. The van der Waals surface area contributed by atoms with Gasteiger partial charge in [-0.25, -0.2) is 0 Å². The highest BCUT2D eigenvalue weighted by Crippen LogP contribution is 2.15. The van der Waals surface area contributed by atoms with Crippen LogP contribution in [0.15, 0.2) is 48.5 Å². The van der Waals surface area contributed by atoms with Crippen LogP contribution in [0.3, 0.4) is 0 Å². The van der Waals surface area contributed by atoms with E-state index < -0.39 is 0 Å². The second-order valence-electron chi connectivity index (χ2n) is 6.52. The van der Waals surface area contributed by atoms with E-state index in [2.05, 4.69) is 41.4 Å². The summed E-state index contributed by atoms with van der Waals surface area (Å²) in [4.78, 5) is 1.72. The molecule has 3 aromatic rings. The number of rotatable bonds is 9.